The zero-order chi connectivity index (χ0) is 18.3. The van der Waals surface area contributed by atoms with Gasteiger partial charge in [-0.05, 0) is 37.3 Å². The van der Waals surface area contributed by atoms with Crippen molar-refractivity contribution in [2.24, 2.45) is 0 Å². The predicted octanol–water partition coefficient (Wildman–Crippen LogP) is 4.40. The van der Waals surface area contributed by atoms with Gasteiger partial charge in [-0.15, -0.1) is 0 Å². The number of amides is 1. The highest BCUT2D eigenvalue weighted by Crippen LogP contribution is 2.39. The number of Topliss-reactive ketones (excluding diaryl/α,β-unsaturated/α-hetero) is 1. The molecule has 0 saturated carbocycles. The number of likely N-dealkylation sites (tertiary alicyclic amines) is 1. The van der Waals surface area contributed by atoms with Gasteiger partial charge in [0.05, 0.1) is 12.0 Å². The number of nitrogens with zero attached hydrogens (tertiary/aromatic N) is 1. The van der Waals surface area contributed by atoms with Gasteiger partial charge in [0.15, 0.2) is 5.78 Å². The van der Waals surface area contributed by atoms with E-state index in [1.165, 1.54) is 0 Å². The SMILES string of the molecule is Cc1ccc2c(c1)C(=O)CC1(CCN(C(=O)c3cccc(Br)c3)CC1)O2. The molecule has 134 valence electrons. The number of rotatable bonds is 1. The summed E-state index contributed by atoms with van der Waals surface area (Å²) in [6.07, 6.45) is 1.74. The third kappa shape index (κ3) is 3.16. The lowest BCUT2D eigenvalue weighted by Gasteiger charge is -2.44. The molecule has 0 unspecified atom stereocenters. The molecule has 1 amide bonds. The van der Waals surface area contributed by atoms with Crippen LogP contribution in [0.2, 0.25) is 0 Å². The number of ketones is 1. The molecule has 1 fully saturated rings. The molecule has 2 aromatic rings. The molecule has 2 aliphatic heterocycles. The zero-order valence-corrected chi connectivity index (χ0v) is 16.2. The maximum Gasteiger partial charge on any atom is 0.253 e. The highest BCUT2D eigenvalue weighted by atomic mass is 79.9. The largest absolute Gasteiger partial charge is 0.486 e. The van der Waals surface area contributed by atoms with Crippen LogP contribution in [0.3, 0.4) is 0 Å². The van der Waals surface area contributed by atoms with Crippen molar-refractivity contribution in [3.05, 3.63) is 63.6 Å². The van der Waals surface area contributed by atoms with Crippen LogP contribution in [0.15, 0.2) is 46.9 Å². The maximum atomic E-state index is 12.7. The Hall–Kier alpha value is -2.14. The van der Waals surface area contributed by atoms with Gasteiger partial charge < -0.3 is 9.64 Å². The van der Waals surface area contributed by atoms with Gasteiger partial charge in [0.2, 0.25) is 0 Å². The molecule has 0 atom stereocenters. The van der Waals surface area contributed by atoms with Crippen LogP contribution in [0.5, 0.6) is 5.75 Å². The van der Waals surface area contributed by atoms with Crippen LogP contribution < -0.4 is 4.74 Å². The highest BCUT2D eigenvalue weighted by molar-refractivity contribution is 9.10. The lowest BCUT2D eigenvalue weighted by Crippen LogP contribution is -2.52. The van der Waals surface area contributed by atoms with Crippen LogP contribution in [0, 0.1) is 6.92 Å². The van der Waals surface area contributed by atoms with Crippen LogP contribution in [0.25, 0.3) is 0 Å². The zero-order valence-electron chi connectivity index (χ0n) is 14.6. The molecule has 2 heterocycles. The van der Waals surface area contributed by atoms with Gasteiger partial charge in [-0.1, -0.05) is 33.6 Å². The Kier molecular flexibility index (Phi) is 4.35. The van der Waals surface area contributed by atoms with E-state index in [0.717, 1.165) is 10.0 Å². The molecular weight excluding hydrogens is 394 g/mol. The quantitative estimate of drug-likeness (QED) is 0.695. The summed E-state index contributed by atoms with van der Waals surface area (Å²) in [4.78, 5) is 27.2. The van der Waals surface area contributed by atoms with Gasteiger partial charge >= 0.3 is 0 Å². The number of ether oxygens (including phenoxy) is 1. The number of halogens is 1. The van der Waals surface area contributed by atoms with E-state index < -0.39 is 5.60 Å². The Morgan fingerprint density at radius 3 is 2.65 bits per heavy atom. The number of piperidine rings is 1. The minimum atomic E-state index is -0.479. The first kappa shape index (κ1) is 17.3. The number of hydrogen-bond acceptors (Lipinski definition) is 3. The van der Waals surface area contributed by atoms with E-state index in [4.69, 9.17) is 4.74 Å². The normalized spacial score (nSPS) is 18.4. The smallest absolute Gasteiger partial charge is 0.253 e. The number of carbonyl (C=O) groups is 2. The molecule has 0 N–H and O–H groups in total. The second-order valence-electron chi connectivity index (χ2n) is 7.19. The molecule has 0 aromatic heterocycles. The second kappa shape index (κ2) is 6.54. The number of carbonyl (C=O) groups excluding carboxylic acids is 2. The molecule has 0 radical (unpaired) electrons. The molecule has 0 aliphatic carbocycles. The van der Waals surface area contributed by atoms with E-state index in [9.17, 15) is 9.59 Å². The minimum absolute atomic E-state index is 0.0271. The van der Waals surface area contributed by atoms with E-state index in [2.05, 4.69) is 15.9 Å². The number of hydrogen-bond donors (Lipinski definition) is 0. The minimum Gasteiger partial charge on any atom is -0.486 e. The molecule has 2 aromatic carbocycles. The monoisotopic (exact) mass is 413 g/mol. The van der Waals surface area contributed by atoms with Gasteiger partial charge in [0.25, 0.3) is 5.91 Å². The summed E-state index contributed by atoms with van der Waals surface area (Å²) < 4.78 is 7.17. The summed E-state index contributed by atoms with van der Waals surface area (Å²) in [5.74, 6) is 0.847. The average Bonchev–Trinajstić information content (AvgIpc) is 2.63. The Bertz CT molecular complexity index is 885. The van der Waals surface area contributed by atoms with E-state index in [0.29, 0.717) is 49.2 Å². The molecular formula is C21H20BrNO3. The van der Waals surface area contributed by atoms with Crippen LogP contribution >= 0.6 is 15.9 Å². The topological polar surface area (TPSA) is 46.6 Å². The summed E-state index contributed by atoms with van der Waals surface area (Å²) in [7, 11) is 0. The fourth-order valence-corrected chi connectivity index (χ4v) is 4.21. The first-order valence-electron chi connectivity index (χ1n) is 8.84. The van der Waals surface area contributed by atoms with Crippen LogP contribution in [-0.4, -0.2) is 35.3 Å². The summed E-state index contributed by atoms with van der Waals surface area (Å²) in [5.41, 5.74) is 1.94. The molecule has 2 aliphatic rings. The summed E-state index contributed by atoms with van der Waals surface area (Å²) >= 11 is 3.41. The van der Waals surface area contributed by atoms with E-state index in [-0.39, 0.29) is 11.7 Å². The molecule has 5 heteroatoms. The lowest BCUT2D eigenvalue weighted by molar-refractivity contribution is -0.00572. The summed E-state index contributed by atoms with van der Waals surface area (Å²) in [6.45, 7) is 3.17. The molecule has 4 nitrogen and oxygen atoms in total. The molecule has 26 heavy (non-hydrogen) atoms. The fourth-order valence-electron chi connectivity index (χ4n) is 3.81. The molecule has 1 spiro atoms. The Balaban J connectivity index is 1.49. The van der Waals surface area contributed by atoms with Crippen molar-refractivity contribution in [2.45, 2.75) is 31.8 Å². The van der Waals surface area contributed by atoms with Crippen molar-refractivity contribution >= 4 is 27.6 Å². The van der Waals surface area contributed by atoms with Crippen molar-refractivity contribution in [1.29, 1.82) is 0 Å². The first-order valence-corrected chi connectivity index (χ1v) is 9.63. The number of benzene rings is 2. The van der Waals surface area contributed by atoms with Crippen molar-refractivity contribution in [1.82, 2.24) is 4.90 Å². The summed E-state index contributed by atoms with van der Waals surface area (Å²) in [5, 5.41) is 0. The van der Waals surface area contributed by atoms with Crippen LogP contribution in [0.4, 0.5) is 0 Å². The third-order valence-electron chi connectivity index (χ3n) is 5.28. The van der Waals surface area contributed by atoms with Gasteiger partial charge in [0, 0.05) is 36.0 Å². The van der Waals surface area contributed by atoms with Gasteiger partial charge in [-0.2, -0.15) is 0 Å². The first-order chi connectivity index (χ1) is 12.5. The Labute approximate surface area is 161 Å². The maximum absolute atomic E-state index is 12.7. The predicted molar refractivity (Wildman–Crippen MR) is 103 cm³/mol. The molecule has 0 bridgehead atoms. The standard InChI is InChI=1S/C21H20BrNO3/c1-14-5-6-19-17(11-14)18(24)13-21(26-19)7-9-23(10-8-21)20(25)15-3-2-4-16(22)12-15/h2-6,11-12H,7-10,13H2,1H3. The lowest BCUT2D eigenvalue weighted by atomic mass is 9.82. The second-order valence-corrected chi connectivity index (χ2v) is 8.10. The molecule has 4 rings (SSSR count). The van der Waals surface area contributed by atoms with Crippen molar-refractivity contribution in [3.8, 4) is 5.75 Å². The van der Waals surface area contributed by atoms with Crippen molar-refractivity contribution in [2.75, 3.05) is 13.1 Å². The number of fused-ring (bicyclic) bond motifs is 1. The average molecular weight is 414 g/mol. The Morgan fingerprint density at radius 1 is 1.15 bits per heavy atom. The van der Waals surface area contributed by atoms with E-state index >= 15 is 0 Å². The summed E-state index contributed by atoms with van der Waals surface area (Å²) in [6, 6.07) is 13.2. The van der Waals surface area contributed by atoms with Gasteiger partial charge in [-0.3, -0.25) is 9.59 Å². The highest BCUT2D eigenvalue weighted by Gasteiger charge is 2.43. The van der Waals surface area contributed by atoms with Crippen LogP contribution in [0.1, 0.15) is 45.5 Å². The Morgan fingerprint density at radius 2 is 1.92 bits per heavy atom. The van der Waals surface area contributed by atoms with Gasteiger partial charge in [0.1, 0.15) is 11.4 Å². The third-order valence-corrected chi connectivity index (χ3v) is 5.77. The number of aryl methyl sites for hydroxylation is 1. The fraction of sp³-hybridized carbons (Fsp3) is 0.333. The van der Waals surface area contributed by atoms with Gasteiger partial charge in [-0.25, -0.2) is 0 Å². The van der Waals surface area contributed by atoms with Crippen LogP contribution in [-0.2, 0) is 0 Å². The van der Waals surface area contributed by atoms with Crippen molar-refractivity contribution in [3.63, 3.8) is 0 Å². The van der Waals surface area contributed by atoms with Crippen molar-refractivity contribution < 1.29 is 14.3 Å². The van der Waals surface area contributed by atoms with E-state index in [1.54, 1.807) is 0 Å². The van der Waals surface area contributed by atoms with E-state index in [1.807, 2.05) is 54.3 Å². The molecule has 1 saturated heterocycles.